The maximum atomic E-state index is 13.7. The van der Waals surface area contributed by atoms with Crippen molar-refractivity contribution in [2.24, 2.45) is 45.3 Å². The summed E-state index contributed by atoms with van der Waals surface area (Å²) in [6.45, 7) is 26.5. The van der Waals surface area contributed by atoms with Gasteiger partial charge in [0.15, 0.2) is 67.7 Å². The van der Waals surface area contributed by atoms with E-state index in [4.69, 9.17) is 85.3 Å². The van der Waals surface area contributed by atoms with Gasteiger partial charge in [0.2, 0.25) is 0 Å². The summed E-state index contributed by atoms with van der Waals surface area (Å²) in [5.74, 6) is -10.5. The first-order valence-electron chi connectivity index (χ1n) is 34.0. The molecule has 30 heteroatoms. The van der Waals surface area contributed by atoms with E-state index < -0.39 is 235 Å². The maximum Gasteiger partial charge on any atom is 0.303 e. The molecule has 1 N–H and O–H groups in total. The third-order valence-electron chi connectivity index (χ3n) is 22.2. The third-order valence-corrected chi connectivity index (χ3v) is 22.2. The van der Waals surface area contributed by atoms with Gasteiger partial charge in [-0.05, 0) is 106 Å². The number of carbonyl (C=O) groups excluding carboxylic acids is 11. The molecule has 99 heavy (non-hydrogen) atoms. The zero-order valence-electron chi connectivity index (χ0n) is 60.3. The third kappa shape index (κ3) is 16.8. The van der Waals surface area contributed by atoms with E-state index in [1.165, 1.54) is 13.8 Å². The van der Waals surface area contributed by atoms with E-state index in [2.05, 4.69) is 27.7 Å². The Hall–Kier alpha value is -6.15. The predicted molar refractivity (Wildman–Crippen MR) is 334 cm³/mol. The van der Waals surface area contributed by atoms with Crippen molar-refractivity contribution in [2.75, 3.05) is 19.8 Å². The van der Waals surface area contributed by atoms with Gasteiger partial charge in [0.25, 0.3) is 0 Å². The fourth-order valence-corrected chi connectivity index (χ4v) is 18.6. The lowest BCUT2D eigenvalue weighted by Crippen LogP contribution is -2.71. The van der Waals surface area contributed by atoms with E-state index in [9.17, 15) is 57.8 Å². The number of rotatable bonds is 21. The quantitative estimate of drug-likeness (QED) is 0.0890. The molecule has 4 saturated heterocycles. The highest BCUT2D eigenvalue weighted by Crippen LogP contribution is 2.77. The minimum absolute atomic E-state index is 0.157. The summed E-state index contributed by atoms with van der Waals surface area (Å²) in [5, 5.41) is 11.3. The smallest absolute Gasteiger partial charge is 0.303 e. The van der Waals surface area contributed by atoms with Crippen LogP contribution in [0.2, 0.25) is 0 Å². The Morgan fingerprint density at radius 2 is 0.889 bits per heavy atom. The molecule has 4 aliphatic heterocycles. The lowest BCUT2D eigenvalue weighted by molar-refractivity contribution is -0.384. The molecule has 4 saturated carbocycles. The van der Waals surface area contributed by atoms with Crippen molar-refractivity contribution in [1.82, 2.24) is 0 Å². The summed E-state index contributed by atoms with van der Waals surface area (Å²) >= 11 is 0. The minimum atomic E-state index is -1.94. The van der Waals surface area contributed by atoms with E-state index in [1.54, 1.807) is 13.8 Å². The highest BCUT2D eigenvalue weighted by Gasteiger charge is 2.75. The molecule has 0 radical (unpaired) electrons. The second kappa shape index (κ2) is 30.4. The number of aliphatic hydroxyl groups is 1. The van der Waals surface area contributed by atoms with Gasteiger partial charge >= 0.3 is 65.7 Å². The summed E-state index contributed by atoms with van der Waals surface area (Å²) in [7, 11) is 0. The Morgan fingerprint density at radius 1 is 0.444 bits per heavy atom. The molecule has 2 unspecified atom stereocenters. The van der Waals surface area contributed by atoms with Crippen LogP contribution in [0.4, 0.5) is 0 Å². The highest BCUT2D eigenvalue weighted by molar-refractivity contribution is 5.70. The molecule has 0 aromatic rings. The van der Waals surface area contributed by atoms with Gasteiger partial charge in [-0.15, -0.1) is 0 Å². The van der Waals surface area contributed by atoms with Crippen LogP contribution >= 0.6 is 0 Å². The second-order valence-electron chi connectivity index (χ2n) is 30.1. The SMILES string of the molecule is CC(=O)OC[C@H]1O[C@H](O[C@@H]2CO[C@@H](O[C@H]3[C@H](O[C@H]4C[C@]5(C)[C@H](C[C@@H](OC(C)=O)C6[C@@H]([C@]7(C)CC[C@@H](C(C)(C)O)O7)CC[C@]65C)[C@@]5(C)CC[C@H](OC(C)=O)C(C)(C)C45)O[C@H](COC(C)=O)[C@@H](OC(C)=O)[C@@H]3OC(C)=O)[C@H](OC(C)=O)[C@H]2OC(C)=O)[C@H](OC(C)=O)[C@@H](OC(C)=O)[C@@H]1OC(C)=O. The molecular formula is C69H102O30. The fraction of sp³-hybridized carbons (Fsp3) is 0.841. The van der Waals surface area contributed by atoms with Crippen LogP contribution in [0.5, 0.6) is 0 Å². The average molecular weight is 1410 g/mol. The molecule has 30 nitrogen and oxygen atoms in total. The van der Waals surface area contributed by atoms with Gasteiger partial charge in [0.1, 0.15) is 43.7 Å². The first-order chi connectivity index (χ1) is 45.9. The molecule has 8 fully saturated rings. The van der Waals surface area contributed by atoms with Crippen LogP contribution in [-0.4, -0.2) is 212 Å². The standard InChI is InChI=1S/C69H102O30/c1-31(70)82-28-45-52(87-35(5)74)55(90-38(8)77)58(93-41(11)80)62(95-45)97-47-30-84-61(57(92-40(10)79)54(47)89-37(7)76)98-59-56(91-39(9)78)53(88-36(6)75)46(29-83-32(2)71)96-63(59)94-44-27-68(18)48(66(16)23-21-49(86-34(4)73)64(12,13)60(44)66)26-43(85-33(3)72)51-42(20-24-67(51,68)17)69(19)25-22-50(99-69)65(14,15)81/h42-63,81H,20-30H2,1-19H3/t42-,43+,44-,45+,46+,47+,48+,49-,50-,51?,52+,53+,54-,55-,56-,57+,58+,59+,60?,61-,62+,63+,66+,67+,68+,69-/m0/s1. The first-order valence-corrected chi connectivity index (χ1v) is 34.0. The lowest BCUT2D eigenvalue weighted by Gasteiger charge is -2.72. The van der Waals surface area contributed by atoms with Crippen LogP contribution in [0.3, 0.4) is 0 Å². The van der Waals surface area contributed by atoms with E-state index in [1.807, 2.05) is 13.8 Å². The number of carbonyl (C=O) groups is 11. The highest BCUT2D eigenvalue weighted by atomic mass is 16.8. The van der Waals surface area contributed by atoms with Crippen molar-refractivity contribution < 1.29 is 143 Å². The molecule has 8 rings (SSSR count). The number of fused-ring (bicyclic) bond motifs is 5. The van der Waals surface area contributed by atoms with E-state index in [-0.39, 0.29) is 24.2 Å². The molecule has 0 spiro atoms. The number of esters is 11. The van der Waals surface area contributed by atoms with Gasteiger partial charge in [-0.1, -0.05) is 34.6 Å². The Morgan fingerprint density at radius 3 is 1.36 bits per heavy atom. The molecular weight excluding hydrogens is 1310 g/mol. The van der Waals surface area contributed by atoms with Crippen molar-refractivity contribution in [3.63, 3.8) is 0 Å². The van der Waals surface area contributed by atoms with Gasteiger partial charge in [-0.2, -0.15) is 0 Å². The maximum absolute atomic E-state index is 13.7. The van der Waals surface area contributed by atoms with E-state index in [0.29, 0.717) is 44.9 Å². The molecule has 4 aliphatic carbocycles. The van der Waals surface area contributed by atoms with Crippen LogP contribution in [0.25, 0.3) is 0 Å². The van der Waals surface area contributed by atoms with Gasteiger partial charge in [-0.25, -0.2) is 0 Å². The van der Waals surface area contributed by atoms with E-state index >= 15 is 0 Å². The van der Waals surface area contributed by atoms with Crippen molar-refractivity contribution >= 4 is 65.7 Å². The lowest BCUT2D eigenvalue weighted by atomic mass is 9.34. The van der Waals surface area contributed by atoms with Crippen LogP contribution in [0.15, 0.2) is 0 Å². The van der Waals surface area contributed by atoms with Crippen LogP contribution in [-0.2, 0) is 138 Å². The number of hydrogen-bond acceptors (Lipinski definition) is 30. The van der Waals surface area contributed by atoms with Crippen molar-refractivity contribution in [1.29, 1.82) is 0 Å². The fourth-order valence-electron chi connectivity index (χ4n) is 18.6. The molecule has 0 amide bonds. The van der Waals surface area contributed by atoms with E-state index in [0.717, 1.165) is 62.3 Å². The van der Waals surface area contributed by atoms with Crippen molar-refractivity contribution in [3.05, 3.63) is 0 Å². The zero-order chi connectivity index (χ0) is 73.6. The molecule has 26 atom stereocenters. The Kier molecular flexibility index (Phi) is 24.1. The normalized spacial score (nSPS) is 40.7. The van der Waals surface area contributed by atoms with Crippen molar-refractivity contribution in [3.8, 4) is 0 Å². The number of hydrogen-bond donors (Lipinski definition) is 1. The summed E-state index contributed by atoms with van der Waals surface area (Å²) in [5.41, 5.74) is -4.95. The van der Waals surface area contributed by atoms with Crippen LogP contribution in [0, 0.1) is 45.3 Å². The second-order valence-corrected chi connectivity index (χ2v) is 30.1. The minimum Gasteiger partial charge on any atom is -0.463 e. The monoisotopic (exact) mass is 1410 g/mol. The molecule has 0 bridgehead atoms. The summed E-state index contributed by atoms with van der Waals surface area (Å²) < 4.78 is 112. The predicted octanol–water partition coefficient (Wildman–Crippen LogP) is 5.07. The van der Waals surface area contributed by atoms with Crippen LogP contribution in [0.1, 0.15) is 183 Å². The first kappa shape index (κ1) is 78.6. The molecule has 0 aromatic carbocycles. The van der Waals surface area contributed by atoms with Crippen LogP contribution < -0.4 is 0 Å². The Labute approximate surface area is 576 Å². The topological polar surface area (TPSA) is 374 Å². The molecule has 0 aromatic heterocycles. The number of ether oxygens (including phenoxy) is 18. The Balaban J connectivity index is 1.27. The van der Waals surface area contributed by atoms with Gasteiger partial charge in [0, 0.05) is 87.5 Å². The van der Waals surface area contributed by atoms with Gasteiger partial charge in [0.05, 0.1) is 30.0 Å². The largest absolute Gasteiger partial charge is 0.463 e. The molecule has 8 aliphatic rings. The summed E-state index contributed by atoms with van der Waals surface area (Å²) in [4.78, 5) is 144. The van der Waals surface area contributed by atoms with Crippen molar-refractivity contribution in [2.45, 2.75) is 305 Å². The zero-order valence-corrected chi connectivity index (χ0v) is 60.3. The Bertz CT molecular complexity index is 3030. The molecule has 558 valence electrons. The average Bonchev–Trinajstić information content (AvgIpc) is 1.66. The molecule has 4 heterocycles. The van der Waals surface area contributed by atoms with Gasteiger partial charge < -0.3 is 90.4 Å². The summed E-state index contributed by atoms with van der Waals surface area (Å²) in [6.07, 6.45) is -22.9. The summed E-state index contributed by atoms with van der Waals surface area (Å²) in [6, 6.07) is 0. The van der Waals surface area contributed by atoms with Gasteiger partial charge in [-0.3, -0.25) is 52.7 Å².